The highest BCUT2D eigenvalue weighted by Crippen LogP contribution is 2.22. The van der Waals surface area contributed by atoms with E-state index in [0.29, 0.717) is 5.92 Å². The van der Waals surface area contributed by atoms with Gasteiger partial charge in [-0.2, -0.15) is 0 Å². The van der Waals surface area contributed by atoms with Crippen LogP contribution in [0.4, 0.5) is 0 Å². The molecule has 1 aromatic heterocycles. The van der Waals surface area contributed by atoms with Crippen LogP contribution in [0, 0.1) is 0 Å². The van der Waals surface area contributed by atoms with Crippen molar-refractivity contribution in [3.05, 3.63) is 30.1 Å². The van der Waals surface area contributed by atoms with E-state index >= 15 is 0 Å². The summed E-state index contributed by atoms with van der Waals surface area (Å²) in [5.41, 5.74) is 2.38. The highest BCUT2D eigenvalue weighted by atomic mass is 15.1. The molecule has 0 radical (unpaired) electrons. The maximum absolute atomic E-state index is 4.81. The first kappa shape index (κ1) is 13.1. The van der Waals surface area contributed by atoms with Crippen LogP contribution in [0.5, 0.6) is 0 Å². The molecule has 1 heterocycles. The number of fused-ring (bicyclic) bond motifs is 1. The van der Waals surface area contributed by atoms with Crippen LogP contribution in [0.3, 0.4) is 0 Å². The van der Waals surface area contributed by atoms with Gasteiger partial charge in [0, 0.05) is 19.0 Å². The third-order valence-electron chi connectivity index (χ3n) is 3.27. The summed E-state index contributed by atoms with van der Waals surface area (Å²) in [6.45, 7) is 9.65. The van der Waals surface area contributed by atoms with Gasteiger partial charge in [0.1, 0.15) is 5.82 Å². The van der Waals surface area contributed by atoms with Gasteiger partial charge in [0.05, 0.1) is 11.0 Å². The molecule has 3 heteroatoms. The number of hydrogen-bond donors (Lipinski definition) is 1. The SMILES string of the molecule is CCCn1c(C(C)CNCC)nc2ccccc21. The second-order valence-electron chi connectivity index (χ2n) is 4.82. The maximum atomic E-state index is 4.81. The molecule has 0 saturated carbocycles. The van der Waals surface area contributed by atoms with Crippen LogP contribution < -0.4 is 5.32 Å². The summed E-state index contributed by atoms with van der Waals surface area (Å²) in [6, 6.07) is 8.42. The Morgan fingerprint density at radius 2 is 2.06 bits per heavy atom. The Morgan fingerprint density at radius 1 is 1.28 bits per heavy atom. The Hall–Kier alpha value is -1.35. The molecule has 18 heavy (non-hydrogen) atoms. The summed E-state index contributed by atoms with van der Waals surface area (Å²) in [4.78, 5) is 4.81. The largest absolute Gasteiger partial charge is 0.328 e. The molecule has 0 aliphatic heterocycles. The van der Waals surface area contributed by atoms with Crippen molar-refractivity contribution in [3.63, 3.8) is 0 Å². The average Bonchev–Trinajstić information content (AvgIpc) is 2.76. The standard InChI is InChI=1S/C15H23N3/c1-4-10-18-14-9-7-6-8-13(14)17-15(18)12(3)11-16-5-2/h6-9,12,16H,4-5,10-11H2,1-3H3. The minimum atomic E-state index is 0.448. The topological polar surface area (TPSA) is 29.9 Å². The van der Waals surface area contributed by atoms with E-state index in [9.17, 15) is 0 Å². The summed E-state index contributed by atoms with van der Waals surface area (Å²) in [6.07, 6.45) is 1.14. The lowest BCUT2D eigenvalue weighted by Crippen LogP contribution is -2.21. The highest BCUT2D eigenvalue weighted by molar-refractivity contribution is 5.76. The van der Waals surface area contributed by atoms with Crippen molar-refractivity contribution in [1.82, 2.24) is 14.9 Å². The molecule has 1 aromatic carbocycles. The Kier molecular flexibility index (Phi) is 4.37. The Morgan fingerprint density at radius 3 is 2.78 bits per heavy atom. The van der Waals surface area contributed by atoms with E-state index in [2.05, 4.69) is 54.9 Å². The van der Waals surface area contributed by atoms with Gasteiger partial charge in [-0.05, 0) is 25.1 Å². The summed E-state index contributed by atoms with van der Waals surface area (Å²) < 4.78 is 2.37. The maximum Gasteiger partial charge on any atom is 0.113 e. The molecule has 0 amide bonds. The van der Waals surface area contributed by atoms with Crippen molar-refractivity contribution in [2.75, 3.05) is 13.1 Å². The van der Waals surface area contributed by atoms with E-state index in [-0.39, 0.29) is 0 Å². The zero-order valence-corrected chi connectivity index (χ0v) is 11.6. The average molecular weight is 245 g/mol. The van der Waals surface area contributed by atoms with E-state index in [4.69, 9.17) is 4.98 Å². The predicted octanol–water partition coefficient (Wildman–Crippen LogP) is 3.16. The molecule has 0 fully saturated rings. The molecular weight excluding hydrogens is 222 g/mol. The van der Waals surface area contributed by atoms with Gasteiger partial charge < -0.3 is 9.88 Å². The van der Waals surface area contributed by atoms with Crippen molar-refractivity contribution in [2.45, 2.75) is 39.7 Å². The molecule has 0 aliphatic carbocycles. The van der Waals surface area contributed by atoms with Crippen LogP contribution in [0.15, 0.2) is 24.3 Å². The molecule has 2 rings (SSSR count). The van der Waals surface area contributed by atoms with E-state index in [1.807, 2.05) is 0 Å². The first-order valence-corrected chi connectivity index (χ1v) is 6.93. The zero-order chi connectivity index (χ0) is 13.0. The lowest BCUT2D eigenvalue weighted by molar-refractivity contribution is 0.563. The fourth-order valence-corrected chi connectivity index (χ4v) is 2.38. The number of likely N-dealkylation sites (N-methyl/N-ethyl adjacent to an activating group) is 1. The van der Waals surface area contributed by atoms with Crippen molar-refractivity contribution < 1.29 is 0 Å². The van der Waals surface area contributed by atoms with Crippen LogP contribution in [0.25, 0.3) is 11.0 Å². The molecule has 0 aliphatic rings. The molecule has 2 aromatic rings. The molecule has 1 atom stereocenters. The van der Waals surface area contributed by atoms with Gasteiger partial charge in [0.2, 0.25) is 0 Å². The molecule has 1 unspecified atom stereocenters. The molecule has 3 nitrogen and oxygen atoms in total. The van der Waals surface area contributed by atoms with Gasteiger partial charge in [0.25, 0.3) is 0 Å². The van der Waals surface area contributed by atoms with Crippen molar-refractivity contribution in [1.29, 1.82) is 0 Å². The van der Waals surface area contributed by atoms with Crippen LogP contribution in [-0.4, -0.2) is 22.6 Å². The van der Waals surface area contributed by atoms with Gasteiger partial charge in [-0.1, -0.05) is 32.9 Å². The number of nitrogens with zero attached hydrogens (tertiary/aromatic N) is 2. The minimum absolute atomic E-state index is 0.448. The fraction of sp³-hybridized carbons (Fsp3) is 0.533. The quantitative estimate of drug-likeness (QED) is 0.847. The van der Waals surface area contributed by atoms with Gasteiger partial charge in [-0.3, -0.25) is 0 Å². The normalized spacial score (nSPS) is 13.1. The molecule has 0 bridgehead atoms. The number of imidazole rings is 1. The summed E-state index contributed by atoms with van der Waals surface area (Å²) >= 11 is 0. The highest BCUT2D eigenvalue weighted by Gasteiger charge is 2.15. The Bertz CT molecular complexity index is 501. The van der Waals surface area contributed by atoms with Gasteiger partial charge >= 0.3 is 0 Å². The number of aryl methyl sites for hydroxylation is 1. The van der Waals surface area contributed by atoms with E-state index < -0.39 is 0 Å². The predicted molar refractivity (Wildman–Crippen MR) is 77.0 cm³/mol. The van der Waals surface area contributed by atoms with E-state index in [1.54, 1.807) is 0 Å². The third-order valence-corrected chi connectivity index (χ3v) is 3.27. The van der Waals surface area contributed by atoms with Crippen LogP contribution in [0.2, 0.25) is 0 Å². The van der Waals surface area contributed by atoms with Crippen molar-refractivity contribution >= 4 is 11.0 Å². The molecule has 1 N–H and O–H groups in total. The third kappa shape index (κ3) is 2.56. The Balaban J connectivity index is 2.38. The smallest absolute Gasteiger partial charge is 0.113 e. The van der Waals surface area contributed by atoms with Crippen LogP contribution >= 0.6 is 0 Å². The summed E-state index contributed by atoms with van der Waals surface area (Å²) in [7, 11) is 0. The number of rotatable bonds is 6. The van der Waals surface area contributed by atoms with Gasteiger partial charge in [-0.15, -0.1) is 0 Å². The van der Waals surface area contributed by atoms with Crippen molar-refractivity contribution in [3.8, 4) is 0 Å². The monoisotopic (exact) mass is 245 g/mol. The molecular formula is C15H23N3. The second-order valence-corrected chi connectivity index (χ2v) is 4.82. The lowest BCUT2D eigenvalue weighted by Gasteiger charge is -2.14. The van der Waals surface area contributed by atoms with Gasteiger partial charge in [-0.25, -0.2) is 4.98 Å². The van der Waals surface area contributed by atoms with E-state index in [1.165, 1.54) is 11.3 Å². The number of nitrogens with one attached hydrogen (secondary N) is 1. The first-order chi connectivity index (χ1) is 8.77. The number of benzene rings is 1. The second kappa shape index (κ2) is 6.01. The zero-order valence-electron chi connectivity index (χ0n) is 11.6. The van der Waals surface area contributed by atoms with Crippen LogP contribution in [0.1, 0.15) is 38.9 Å². The number of hydrogen-bond acceptors (Lipinski definition) is 2. The molecule has 0 spiro atoms. The molecule has 98 valence electrons. The number of para-hydroxylation sites is 2. The lowest BCUT2D eigenvalue weighted by atomic mass is 10.1. The number of aromatic nitrogens is 2. The summed E-state index contributed by atoms with van der Waals surface area (Å²) in [5.74, 6) is 1.66. The van der Waals surface area contributed by atoms with Crippen LogP contribution in [-0.2, 0) is 6.54 Å². The molecule has 0 saturated heterocycles. The Labute approximate surface area is 109 Å². The van der Waals surface area contributed by atoms with Gasteiger partial charge in [0.15, 0.2) is 0 Å². The van der Waals surface area contributed by atoms with E-state index in [0.717, 1.165) is 31.6 Å². The minimum Gasteiger partial charge on any atom is -0.328 e. The fourth-order valence-electron chi connectivity index (χ4n) is 2.38. The first-order valence-electron chi connectivity index (χ1n) is 6.93. The van der Waals surface area contributed by atoms with Crippen molar-refractivity contribution in [2.24, 2.45) is 0 Å². The summed E-state index contributed by atoms with van der Waals surface area (Å²) in [5, 5.41) is 3.41.